The van der Waals surface area contributed by atoms with E-state index in [0.717, 1.165) is 16.7 Å². The fraction of sp³-hybridized carbons (Fsp3) is 0.208. The highest BCUT2D eigenvalue weighted by Crippen LogP contribution is 2.26. The summed E-state index contributed by atoms with van der Waals surface area (Å²) < 4.78 is 10.5. The highest BCUT2D eigenvalue weighted by molar-refractivity contribution is 6.31. The van der Waals surface area contributed by atoms with Crippen LogP contribution >= 0.6 is 11.6 Å². The zero-order chi connectivity index (χ0) is 22.7. The fourth-order valence-electron chi connectivity index (χ4n) is 3.59. The molecule has 32 heavy (non-hydrogen) atoms. The van der Waals surface area contributed by atoms with Crippen molar-refractivity contribution in [3.05, 3.63) is 88.3 Å². The molecule has 3 aromatic rings. The molecule has 1 unspecified atom stereocenters. The van der Waals surface area contributed by atoms with Crippen LogP contribution in [0.3, 0.4) is 0 Å². The van der Waals surface area contributed by atoms with E-state index in [2.05, 4.69) is 5.32 Å². The van der Waals surface area contributed by atoms with E-state index in [1.165, 1.54) is 11.2 Å². The maximum Gasteiger partial charge on any atom is 0.329 e. The first-order chi connectivity index (χ1) is 15.4. The zero-order valence-corrected chi connectivity index (χ0v) is 18.1. The third kappa shape index (κ3) is 4.68. The van der Waals surface area contributed by atoms with Gasteiger partial charge in [-0.15, -0.1) is 0 Å². The normalized spacial score (nSPS) is 15.1. The lowest BCUT2D eigenvalue weighted by atomic mass is 9.93. The summed E-state index contributed by atoms with van der Waals surface area (Å²) in [6, 6.07) is 15.0. The number of rotatable bonds is 5. The summed E-state index contributed by atoms with van der Waals surface area (Å²) in [4.78, 5) is 39.5. The lowest BCUT2D eigenvalue weighted by molar-refractivity contribution is -0.152. The number of carbonyl (C=O) groups excluding carboxylic acids is 3. The maximum atomic E-state index is 13.0. The Kier molecular flexibility index (Phi) is 6.28. The second-order valence-corrected chi connectivity index (χ2v) is 7.93. The van der Waals surface area contributed by atoms with Crippen molar-refractivity contribution in [3.8, 4) is 0 Å². The summed E-state index contributed by atoms with van der Waals surface area (Å²) in [5.41, 5.74) is 3.29. The Hall–Kier alpha value is -3.58. The highest BCUT2D eigenvalue weighted by Gasteiger charge is 2.37. The lowest BCUT2D eigenvalue weighted by Crippen LogP contribution is -2.49. The molecule has 1 aliphatic heterocycles. The monoisotopic (exact) mass is 452 g/mol. The molecule has 2 heterocycles. The van der Waals surface area contributed by atoms with Gasteiger partial charge in [-0.3, -0.25) is 9.59 Å². The SMILES string of the molecule is Cc1ccc(NC(=O)COC(=O)C2Cc3ccccc3CN2C(=O)c2ccco2)cc1Cl. The number of furan rings is 1. The van der Waals surface area contributed by atoms with Gasteiger partial charge in [0, 0.05) is 23.7 Å². The minimum atomic E-state index is -0.871. The van der Waals surface area contributed by atoms with Crippen molar-refractivity contribution in [2.75, 3.05) is 11.9 Å². The zero-order valence-electron chi connectivity index (χ0n) is 17.3. The molecule has 7 nitrogen and oxygen atoms in total. The second kappa shape index (κ2) is 9.28. The van der Waals surface area contributed by atoms with Crippen molar-refractivity contribution in [1.29, 1.82) is 0 Å². The van der Waals surface area contributed by atoms with Gasteiger partial charge in [0.25, 0.3) is 11.8 Å². The van der Waals surface area contributed by atoms with Crippen LogP contribution in [0, 0.1) is 6.92 Å². The number of nitrogens with zero attached hydrogens (tertiary/aromatic N) is 1. The topological polar surface area (TPSA) is 88.9 Å². The van der Waals surface area contributed by atoms with Crippen molar-refractivity contribution in [1.82, 2.24) is 4.90 Å². The van der Waals surface area contributed by atoms with Crippen LogP contribution < -0.4 is 5.32 Å². The molecule has 0 saturated heterocycles. The summed E-state index contributed by atoms with van der Waals surface area (Å²) in [6.45, 7) is 1.61. The Bertz CT molecular complexity index is 1160. The van der Waals surface area contributed by atoms with E-state index in [0.29, 0.717) is 10.7 Å². The number of amides is 2. The molecule has 0 aliphatic carbocycles. The molecule has 1 atom stereocenters. The Balaban J connectivity index is 1.45. The van der Waals surface area contributed by atoms with Crippen LogP contribution in [0.25, 0.3) is 0 Å². The van der Waals surface area contributed by atoms with E-state index >= 15 is 0 Å². The number of esters is 1. The molecule has 0 radical (unpaired) electrons. The molecule has 1 N–H and O–H groups in total. The van der Waals surface area contributed by atoms with Crippen molar-refractivity contribution in [2.24, 2.45) is 0 Å². The van der Waals surface area contributed by atoms with E-state index in [4.69, 9.17) is 20.8 Å². The Morgan fingerprint density at radius 3 is 2.62 bits per heavy atom. The van der Waals surface area contributed by atoms with Crippen LogP contribution in [0.15, 0.2) is 65.3 Å². The van der Waals surface area contributed by atoms with E-state index in [9.17, 15) is 14.4 Å². The predicted molar refractivity (Wildman–Crippen MR) is 118 cm³/mol. The number of aryl methyl sites for hydroxylation is 1. The van der Waals surface area contributed by atoms with Gasteiger partial charge in [0.1, 0.15) is 6.04 Å². The Morgan fingerprint density at radius 1 is 1.12 bits per heavy atom. The standard InChI is InChI=1S/C24H21ClN2O5/c1-15-8-9-18(12-19(15)25)26-22(28)14-32-24(30)20-11-16-5-2-3-6-17(16)13-27(20)23(29)21-7-4-10-31-21/h2-10,12,20H,11,13-14H2,1H3,(H,26,28). The van der Waals surface area contributed by atoms with E-state index in [1.807, 2.05) is 31.2 Å². The smallest absolute Gasteiger partial charge is 0.329 e. The number of benzene rings is 2. The molecule has 1 aromatic heterocycles. The van der Waals surface area contributed by atoms with E-state index < -0.39 is 30.4 Å². The second-order valence-electron chi connectivity index (χ2n) is 7.52. The van der Waals surface area contributed by atoms with Crippen molar-refractivity contribution in [2.45, 2.75) is 25.9 Å². The van der Waals surface area contributed by atoms with Gasteiger partial charge < -0.3 is 19.4 Å². The summed E-state index contributed by atoms with van der Waals surface area (Å²) in [6.07, 6.45) is 1.69. The number of hydrogen-bond acceptors (Lipinski definition) is 5. The number of ether oxygens (including phenoxy) is 1. The molecule has 0 saturated carbocycles. The average molecular weight is 453 g/mol. The Morgan fingerprint density at radius 2 is 1.91 bits per heavy atom. The number of halogens is 1. The third-order valence-electron chi connectivity index (χ3n) is 5.31. The number of carbonyl (C=O) groups is 3. The quantitative estimate of drug-likeness (QED) is 0.591. The number of nitrogens with one attached hydrogen (secondary N) is 1. The minimum absolute atomic E-state index is 0.135. The molecule has 2 aromatic carbocycles. The first-order valence-corrected chi connectivity index (χ1v) is 10.4. The van der Waals surface area contributed by atoms with Crippen LogP contribution in [0.2, 0.25) is 5.02 Å². The average Bonchev–Trinajstić information content (AvgIpc) is 3.33. The molecule has 0 spiro atoms. The summed E-state index contributed by atoms with van der Waals surface area (Å²) >= 11 is 6.07. The number of fused-ring (bicyclic) bond motifs is 1. The van der Waals surface area contributed by atoms with Crippen LogP contribution in [0.5, 0.6) is 0 Å². The summed E-state index contributed by atoms with van der Waals surface area (Å²) in [5, 5.41) is 3.17. The summed E-state index contributed by atoms with van der Waals surface area (Å²) in [7, 11) is 0. The van der Waals surface area contributed by atoms with Crippen molar-refractivity contribution >= 4 is 35.1 Å². The first kappa shape index (κ1) is 21.6. The molecular formula is C24H21ClN2O5. The van der Waals surface area contributed by atoms with Crippen LogP contribution in [0.4, 0.5) is 5.69 Å². The minimum Gasteiger partial charge on any atom is -0.459 e. The van der Waals surface area contributed by atoms with Gasteiger partial charge in [-0.25, -0.2) is 4.79 Å². The molecule has 8 heteroatoms. The predicted octanol–water partition coefficient (Wildman–Crippen LogP) is 3.99. The Labute approximate surface area is 189 Å². The van der Waals surface area contributed by atoms with Gasteiger partial charge in [-0.2, -0.15) is 0 Å². The fourth-order valence-corrected chi connectivity index (χ4v) is 3.77. The molecule has 0 bridgehead atoms. The van der Waals surface area contributed by atoms with Crippen LogP contribution in [-0.2, 0) is 27.3 Å². The van der Waals surface area contributed by atoms with E-state index in [1.54, 1.807) is 30.3 Å². The third-order valence-corrected chi connectivity index (χ3v) is 5.72. The van der Waals surface area contributed by atoms with Crippen LogP contribution in [-0.4, -0.2) is 35.3 Å². The van der Waals surface area contributed by atoms with Crippen molar-refractivity contribution in [3.63, 3.8) is 0 Å². The van der Waals surface area contributed by atoms with Gasteiger partial charge in [0.2, 0.25) is 0 Å². The first-order valence-electron chi connectivity index (χ1n) is 10.1. The van der Waals surface area contributed by atoms with Crippen molar-refractivity contribution < 1.29 is 23.5 Å². The highest BCUT2D eigenvalue weighted by atomic mass is 35.5. The van der Waals surface area contributed by atoms with Gasteiger partial charge in [-0.05, 0) is 47.9 Å². The largest absolute Gasteiger partial charge is 0.459 e. The number of anilines is 1. The molecule has 0 fully saturated rings. The van der Waals surface area contributed by atoms with Gasteiger partial charge in [-0.1, -0.05) is 41.9 Å². The lowest BCUT2D eigenvalue weighted by Gasteiger charge is -2.34. The van der Waals surface area contributed by atoms with Gasteiger partial charge in [0.05, 0.1) is 6.26 Å². The van der Waals surface area contributed by atoms with E-state index in [-0.39, 0.29) is 18.7 Å². The molecular weight excluding hydrogens is 432 g/mol. The van der Waals surface area contributed by atoms with Crippen LogP contribution in [0.1, 0.15) is 27.2 Å². The van der Waals surface area contributed by atoms with Gasteiger partial charge in [0.15, 0.2) is 12.4 Å². The summed E-state index contributed by atoms with van der Waals surface area (Å²) in [5.74, 6) is -1.43. The molecule has 2 amide bonds. The van der Waals surface area contributed by atoms with Gasteiger partial charge >= 0.3 is 5.97 Å². The molecule has 164 valence electrons. The molecule has 1 aliphatic rings. The maximum absolute atomic E-state index is 13.0. The molecule has 4 rings (SSSR count). The number of hydrogen-bond donors (Lipinski definition) is 1.